The summed E-state index contributed by atoms with van der Waals surface area (Å²) >= 11 is 0. The van der Waals surface area contributed by atoms with E-state index in [1.165, 1.54) is 11.1 Å². The largest absolute Gasteiger partial charge is 0.455 e. The van der Waals surface area contributed by atoms with Crippen molar-refractivity contribution in [1.82, 2.24) is 0 Å². The Morgan fingerprint density at radius 1 is 1.04 bits per heavy atom. The summed E-state index contributed by atoms with van der Waals surface area (Å²) in [5.41, 5.74) is 2.68. The molecule has 5 rings (SSSR count). The Morgan fingerprint density at radius 2 is 1.83 bits per heavy atom. The zero-order chi connectivity index (χ0) is 15.5. The number of fused-ring (bicyclic) bond motifs is 1. The zero-order valence-electron chi connectivity index (χ0n) is 12.8. The highest BCUT2D eigenvalue weighted by molar-refractivity contribution is 5.89. The SMILES string of the molecule is O=C(O[C@@H]1CC[C@@]23CCc4ccccc4[C@@]12O3)c1ccccc1. The molecule has 2 aromatic carbocycles. The lowest BCUT2D eigenvalue weighted by molar-refractivity contribution is 0.000692. The van der Waals surface area contributed by atoms with Crippen molar-refractivity contribution in [1.29, 1.82) is 0 Å². The highest BCUT2D eigenvalue weighted by atomic mass is 16.7. The summed E-state index contributed by atoms with van der Waals surface area (Å²) in [6, 6.07) is 17.7. The first-order chi connectivity index (χ1) is 11.3. The van der Waals surface area contributed by atoms with E-state index in [4.69, 9.17) is 9.47 Å². The Hall–Kier alpha value is -2.13. The molecule has 0 spiro atoms. The molecule has 0 radical (unpaired) electrons. The van der Waals surface area contributed by atoms with Crippen molar-refractivity contribution < 1.29 is 14.3 Å². The van der Waals surface area contributed by atoms with Gasteiger partial charge in [0, 0.05) is 0 Å². The van der Waals surface area contributed by atoms with Gasteiger partial charge in [0.05, 0.1) is 5.56 Å². The lowest BCUT2D eigenvalue weighted by Crippen LogP contribution is -2.35. The number of hydrogen-bond acceptors (Lipinski definition) is 3. The molecule has 3 atom stereocenters. The third kappa shape index (κ3) is 1.66. The van der Waals surface area contributed by atoms with Crippen LogP contribution in [0.3, 0.4) is 0 Å². The number of carbonyl (C=O) groups is 1. The molecule has 2 aromatic rings. The van der Waals surface area contributed by atoms with E-state index in [2.05, 4.69) is 24.3 Å². The van der Waals surface area contributed by atoms with Crippen LogP contribution in [0.2, 0.25) is 0 Å². The van der Waals surface area contributed by atoms with E-state index >= 15 is 0 Å². The molecule has 1 saturated carbocycles. The molecule has 3 aliphatic rings. The average Bonchev–Trinajstić information content (AvgIpc) is 3.21. The molecule has 0 N–H and O–H groups in total. The summed E-state index contributed by atoms with van der Waals surface area (Å²) in [4.78, 5) is 12.5. The molecule has 2 aliphatic carbocycles. The fraction of sp³-hybridized carbons (Fsp3) is 0.350. The zero-order valence-corrected chi connectivity index (χ0v) is 12.8. The monoisotopic (exact) mass is 306 g/mol. The molecule has 0 aromatic heterocycles. The molecule has 1 heterocycles. The maximum absolute atomic E-state index is 12.5. The molecule has 0 unspecified atom stereocenters. The normalized spacial score (nSPS) is 33.3. The first-order valence-electron chi connectivity index (χ1n) is 8.30. The van der Waals surface area contributed by atoms with E-state index in [1.54, 1.807) is 12.1 Å². The molecule has 0 amide bonds. The first kappa shape index (κ1) is 13.3. The third-order valence-corrected chi connectivity index (χ3v) is 5.73. The molecular weight excluding hydrogens is 288 g/mol. The second kappa shape index (κ2) is 4.45. The van der Waals surface area contributed by atoms with Gasteiger partial charge in [0.25, 0.3) is 0 Å². The Morgan fingerprint density at radius 3 is 2.70 bits per heavy atom. The summed E-state index contributed by atoms with van der Waals surface area (Å²) in [5, 5.41) is 0. The van der Waals surface area contributed by atoms with E-state index in [9.17, 15) is 4.79 Å². The van der Waals surface area contributed by atoms with Crippen LogP contribution < -0.4 is 0 Å². The fourth-order valence-electron chi connectivity index (χ4n) is 4.63. The number of benzene rings is 2. The summed E-state index contributed by atoms with van der Waals surface area (Å²) in [5.74, 6) is -0.251. The molecule has 116 valence electrons. The molecule has 23 heavy (non-hydrogen) atoms. The van der Waals surface area contributed by atoms with E-state index in [-0.39, 0.29) is 17.7 Å². The third-order valence-electron chi connectivity index (χ3n) is 5.73. The minimum absolute atomic E-state index is 0.0943. The summed E-state index contributed by atoms with van der Waals surface area (Å²) in [6.07, 6.45) is 3.76. The predicted molar refractivity (Wildman–Crippen MR) is 85.1 cm³/mol. The number of aryl methyl sites for hydroxylation is 1. The van der Waals surface area contributed by atoms with Gasteiger partial charge >= 0.3 is 5.97 Å². The average molecular weight is 306 g/mol. The molecule has 1 aliphatic heterocycles. The van der Waals surface area contributed by atoms with Crippen molar-refractivity contribution >= 4 is 5.97 Å². The highest BCUT2D eigenvalue weighted by Crippen LogP contribution is 2.70. The molecule has 1 saturated heterocycles. The molecule has 0 bridgehead atoms. The minimum Gasteiger partial charge on any atom is -0.455 e. The smallest absolute Gasteiger partial charge is 0.338 e. The van der Waals surface area contributed by atoms with Crippen LogP contribution in [0.1, 0.15) is 40.7 Å². The van der Waals surface area contributed by atoms with Gasteiger partial charge in [0.15, 0.2) is 5.60 Å². The van der Waals surface area contributed by atoms with Gasteiger partial charge in [0.2, 0.25) is 0 Å². The van der Waals surface area contributed by atoms with Gasteiger partial charge in [-0.1, -0.05) is 42.5 Å². The molecule has 3 nitrogen and oxygen atoms in total. The lowest BCUT2D eigenvalue weighted by Gasteiger charge is -2.27. The van der Waals surface area contributed by atoms with E-state index in [0.717, 1.165) is 25.7 Å². The van der Waals surface area contributed by atoms with Gasteiger partial charge in [-0.2, -0.15) is 0 Å². The lowest BCUT2D eigenvalue weighted by atomic mass is 9.76. The Kier molecular flexibility index (Phi) is 2.58. The summed E-state index contributed by atoms with van der Waals surface area (Å²) in [7, 11) is 0. The van der Waals surface area contributed by atoms with Crippen molar-refractivity contribution in [3.63, 3.8) is 0 Å². The van der Waals surface area contributed by atoms with Gasteiger partial charge in [-0.05, 0) is 48.9 Å². The topological polar surface area (TPSA) is 38.8 Å². The van der Waals surface area contributed by atoms with Crippen LogP contribution in [-0.4, -0.2) is 17.7 Å². The van der Waals surface area contributed by atoms with Crippen molar-refractivity contribution in [2.24, 2.45) is 0 Å². The Balaban J connectivity index is 1.49. The summed E-state index contributed by atoms with van der Waals surface area (Å²) < 4.78 is 12.2. The molecule has 2 fully saturated rings. The number of esters is 1. The van der Waals surface area contributed by atoms with E-state index in [0.29, 0.717) is 5.56 Å². The maximum Gasteiger partial charge on any atom is 0.338 e. The number of ether oxygens (including phenoxy) is 2. The number of rotatable bonds is 2. The predicted octanol–water partition coefficient (Wildman–Crippen LogP) is 3.62. The number of epoxide rings is 1. The van der Waals surface area contributed by atoms with Crippen LogP contribution in [-0.2, 0) is 21.5 Å². The standard InChI is InChI=1S/C20H18O3/c21-18(15-7-2-1-3-8-15)22-17-11-13-19-12-10-14-6-4-5-9-16(14)20(17,19)23-19/h1-9,17H,10-13H2/t17-,19+,20-/m1/s1. The first-order valence-corrected chi connectivity index (χ1v) is 8.30. The van der Waals surface area contributed by atoms with Gasteiger partial charge in [0.1, 0.15) is 11.7 Å². The quantitative estimate of drug-likeness (QED) is 0.628. The van der Waals surface area contributed by atoms with Crippen molar-refractivity contribution in [3.8, 4) is 0 Å². The van der Waals surface area contributed by atoms with Crippen molar-refractivity contribution in [2.45, 2.75) is 43.0 Å². The van der Waals surface area contributed by atoms with Crippen LogP contribution in [0.15, 0.2) is 54.6 Å². The van der Waals surface area contributed by atoms with Crippen molar-refractivity contribution in [3.05, 3.63) is 71.3 Å². The Bertz CT molecular complexity index is 784. The summed E-state index contributed by atoms with van der Waals surface area (Å²) in [6.45, 7) is 0. The minimum atomic E-state index is -0.397. The number of carbonyl (C=O) groups excluding carboxylic acids is 1. The Labute approximate surface area is 135 Å². The molecule has 3 heteroatoms. The second-order valence-electron chi connectivity index (χ2n) is 6.79. The van der Waals surface area contributed by atoms with Crippen LogP contribution >= 0.6 is 0 Å². The highest BCUT2D eigenvalue weighted by Gasteiger charge is 2.80. The van der Waals surface area contributed by atoms with Gasteiger partial charge < -0.3 is 9.47 Å². The fourth-order valence-corrected chi connectivity index (χ4v) is 4.63. The second-order valence-corrected chi connectivity index (χ2v) is 6.79. The van der Waals surface area contributed by atoms with E-state index < -0.39 is 5.60 Å². The molecular formula is C20H18O3. The van der Waals surface area contributed by atoms with Gasteiger partial charge in [-0.25, -0.2) is 4.79 Å². The van der Waals surface area contributed by atoms with Crippen LogP contribution in [0.4, 0.5) is 0 Å². The number of hydrogen-bond donors (Lipinski definition) is 0. The van der Waals surface area contributed by atoms with Crippen LogP contribution in [0.25, 0.3) is 0 Å². The van der Waals surface area contributed by atoms with Gasteiger partial charge in [-0.15, -0.1) is 0 Å². The van der Waals surface area contributed by atoms with Gasteiger partial charge in [-0.3, -0.25) is 0 Å². The van der Waals surface area contributed by atoms with Crippen molar-refractivity contribution in [2.75, 3.05) is 0 Å². The maximum atomic E-state index is 12.5. The van der Waals surface area contributed by atoms with Crippen LogP contribution in [0, 0.1) is 0 Å². The van der Waals surface area contributed by atoms with E-state index in [1.807, 2.05) is 18.2 Å². The van der Waals surface area contributed by atoms with Crippen LogP contribution in [0.5, 0.6) is 0 Å².